The highest BCUT2D eigenvalue weighted by atomic mass is 16.5. The van der Waals surface area contributed by atoms with Gasteiger partial charge in [0.15, 0.2) is 0 Å². The first-order valence-corrected chi connectivity index (χ1v) is 7.01. The van der Waals surface area contributed by atoms with Gasteiger partial charge in [0.2, 0.25) is 0 Å². The summed E-state index contributed by atoms with van der Waals surface area (Å²) in [6.45, 7) is 3.08. The Morgan fingerprint density at radius 1 is 0.950 bits per heavy atom. The normalized spacial score (nSPS) is 10.9. The number of ether oxygens (including phenoxy) is 1. The average Bonchev–Trinajstić information content (AvgIpc) is 2.90. The van der Waals surface area contributed by atoms with Gasteiger partial charge in [-0.15, -0.1) is 0 Å². The zero-order valence-electron chi connectivity index (χ0n) is 12.0. The average molecular weight is 265 g/mol. The van der Waals surface area contributed by atoms with Crippen LogP contribution in [0.5, 0.6) is 5.75 Å². The molecule has 0 spiro atoms. The molecule has 0 unspecified atom stereocenters. The molecule has 20 heavy (non-hydrogen) atoms. The Bertz CT molecular complexity index is 710. The molecular weight excluding hydrogens is 246 g/mol. The molecule has 102 valence electrons. The zero-order chi connectivity index (χ0) is 13.9. The molecule has 0 saturated carbocycles. The van der Waals surface area contributed by atoms with Crippen molar-refractivity contribution in [3.63, 3.8) is 0 Å². The van der Waals surface area contributed by atoms with Crippen molar-refractivity contribution >= 4 is 10.9 Å². The SMILES string of the molecule is CCc1ccc(Cn2ccc3cc(OC)ccc32)cc1. The molecule has 0 aliphatic heterocycles. The van der Waals surface area contributed by atoms with E-state index in [2.05, 4.69) is 60.2 Å². The first kappa shape index (κ1) is 12.8. The van der Waals surface area contributed by atoms with Crippen molar-refractivity contribution in [1.29, 1.82) is 0 Å². The third-order valence-corrected chi connectivity index (χ3v) is 3.76. The lowest BCUT2D eigenvalue weighted by Gasteiger charge is -2.07. The third kappa shape index (κ3) is 2.42. The van der Waals surface area contributed by atoms with E-state index in [9.17, 15) is 0 Å². The topological polar surface area (TPSA) is 14.2 Å². The Labute approximate surface area is 119 Å². The van der Waals surface area contributed by atoms with E-state index in [4.69, 9.17) is 4.74 Å². The standard InChI is InChI=1S/C18H19NO/c1-3-14-4-6-15(7-5-14)13-19-11-10-16-12-17(20-2)8-9-18(16)19/h4-12H,3,13H2,1-2H3. The molecule has 0 fully saturated rings. The van der Waals surface area contributed by atoms with Crippen molar-refractivity contribution < 1.29 is 4.74 Å². The Morgan fingerprint density at radius 3 is 2.40 bits per heavy atom. The fourth-order valence-corrected chi connectivity index (χ4v) is 2.52. The van der Waals surface area contributed by atoms with Crippen molar-refractivity contribution in [2.24, 2.45) is 0 Å². The predicted molar refractivity (Wildman–Crippen MR) is 83.4 cm³/mol. The molecule has 0 bridgehead atoms. The maximum absolute atomic E-state index is 5.27. The van der Waals surface area contributed by atoms with Crippen LogP contribution in [0.3, 0.4) is 0 Å². The van der Waals surface area contributed by atoms with Crippen LogP contribution in [0, 0.1) is 0 Å². The number of fused-ring (bicyclic) bond motifs is 1. The number of nitrogens with zero attached hydrogens (tertiary/aromatic N) is 1. The van der Waals surface area contributed by atoms with Gasteiger partial charge in [0.1, 0.15) is 5.75 Å². The summed E-state index contributed by atoms with van der Waals surface area (Å²) in [5.74, 6) is 0.905. The Hall–Kier alpha value is -2.22. The first-order valence-electron chi connectivity index (χ1n) is 7.01. The second kappa shape index (κ2) is 5.41. The summed E-state index contributed by atoms with van der Waals surface area (Å²) in [4.78, 5) is 0. The lowest BCUT2D eigenvalue weighted by Crippen LogP contribution is -1.98. The smallest absolute Gasteiger partial charge is 0.119 e. The second-order valence-electron chi connectivity index (χ2n) is 5.04. The van der Waals surface area contributed by atoms with Crippen molar-refractivity contribution in [3.05, 3.63) is 65.9 Å². The molecular formula is C18H19NO. The van der Waals surface area contributed by atoms with E-state index in [0.717, 1.165) is 18.7 Å². The van der Waals surface area contributed by atoms with Crippen molar-refractivity contribution in [3.8, 4) is 5.75 Å². The molecule has 0 saturated heterocycles. The van der Waals surface area contributed by atoms with Gasteiger partial charge in [0, 0.05) is 23.6 Å². The highest BCUT2D eigenvalue weighted by molar-refractivity contribution is 5.81. The summed E-state index contributed by atoms with van der Waals surface area (Å²) in [7, 11) is 1.70. The van der Waals surface area contributed by atoms with Gasteiger partial charge in [-0.05, 0) is 41.8 Å². The van der Waals surface area contributed by atoms with E-state index >= 15 is 0 Å². The monoisotopic (exact) mass is 265 g/mol. The third-order valence-electron chi connectivity index (χ3n) is 3.76. The molecule has 0 aliphatic carbocycles. The molecule has 2 aromatic carbocycles. The van der Waals surface area contributed by atoms with E-state index in [1.165, 1.54) is 22.0 Å². The lowest BCUT2D eigenvalue weighted by atomic mass is 10.1. The molecule has 1 heterocycles. The number of aromatic nitrogens is 1. The van der Waals surface area contributed by atoms with E-state index in [0.29, 0.717) is 0 Å². The number of methoxy groups -OCH3 is 1. The van der Waals surface area contributed by atoms with Gasteiger partial charge in [0.25, 0.3) is 0 Å². The van der Waals surface area contributed by atoms with Crippen molar-refractivity contribution in [2.75, 3.05) is 7.11 Å². The van der Waals surface area contributed by atoms with Crippen LogP contribution >= 0.6 is 0 Å². The van der Waals surface area contributed by atoms with Crippen LogP contribution in [0.1, 0.15) is 18.1 Å². The lowest BCUT2D eigenvalue weighted by molar-refractivity contribution is 0.415. The fourth-order valence-electron chi connectivity index (χ4n) is 2.52. The summed E-state index contributed by atoms with van der Waals surface area (Å²) in [6.07, 6.45) is 3.23. The maximum Gasteiger partial charge on any atom is 0.119 e. The van der Waals surface area contributed by atoms with Crippen molar-refractivity contribution in [1.82, 2.24) is 4.57 Å². The minimum Gasteiger partial charge on any atom is -0.497 e. The Kier molecular flexibility index (Phi) is 3.46. The molecule has 0 aliphatic rings. The van der Waals surface area contributed by atoms with E-state index < -0.39 is 0 Å². The van der Waals surface area contributed by atoms with Gasteiger partial charge in [-0.3, -0.25) is 0 Å². The van der Waals surface area contributed by atoms with Gasteiger partial charge in [-0.25, -0.2) is 0 Å². The Morgan fingerprint density at radius 2 is 1.70 bits per heavy atom. The molecule has 0 radical (unpaired) electrons. The van der Waals surface area contributed by atoms with E-state index in [1.54, 1.807) is 7.11 Å². The van der Waals surface area contributed by atoms with Gasteiger partial charge in [0.05, 0.1) is 7.11 Å². The van der Waals surface area contributed by atoms with Crippen molar-refractivity contribution in [2.45, 2.75) is 19.9 Å². The molecule has 0 N–H and O–H groups in total. The second-order valence-corrected chi connectivity index (χ2v) is 5.04. The largest absolute Gasteiger partial charge is 0.497 e. The van der Waals surface area contributed by atoms with Gasteiger partial charge >= 0.3 is 0 Å². The maximum atomic E-state index is 5.27. The molecule has 0 atom stereocenters. The summed E-state index contributed by atoms with van der Waals surface area (Å²) in [6, 6.07) is 17.2. The van der Waals surface area contributed by atoms with Gasteiger partial charge in [-0.2, -0.15) is 0 Å². The van der Waals surface area contributed by atoms with Gasteiger partial charge < -0.3 is 9.30 Å². The molecule has 3 aromatic rings. The number of aryl methyl sites for hydroxylation is 1. The highest BCUT2D eigenvalue weighted by Crippen LogP contribution is 2.22. The number of rotatable bonds is 4. The zero-order valence-corrected chi connectivity index (χ0v) is 12.0. The molecule has 3 rings (SSSR count). The summed E-state index contributed by atoms with van der Waals surface area (Å²) >= 11 is 0. The first-order chi connectivity index (χ1) is 9.80. The summed E-state index contributed by atoms with van der Waals surface area (Å²) < 4.78 is 7.54. The van der Waals surface area contributed by atoms with E-state index in [-0.39, 0.29) is 0 Å². The van der Waals surface area contributed by atoms with E-state index in [1.807, 2.05) is 6.07 Å². The fraction of sp³-hybridized carbons (Fsp3) is 0.222. The molecule has 0 amide bonds. The number of benzene rings is 2. The Balaban J connectivity index is 1.90. The predicted octanol–water partition coefficient (Wildman–Crippen LogP) is 4.26. The van der Waals surface area contributed by atoms with Crippen LogP contribution in [0.2, 0.25) is 0 Å². The molecule has 2 nitrogen and oxygen atoms in total. The van der Waals surface area contributed by atoms with Gasteiger partial charge in [-0.1, -0.05) is 31.2 Å². The highest BCUT2D eigenvalue weighted by Gasteiger charge is 2.03. The summed E-state index contributed by atoms with van der Waals surface area (Å²) in [5, 5.41) is 1.22. The quantitative estimate of drug-likeness (QED) is 0.687. The van der Waals surface area contributed by atoms with Crippen LogP contribution in [0.25, 0.3) is 10.9 Å². The van der Waals surface area contributed by atoms with Crippen LogP contribution in [0.4, 0.5) is 0 Å². The number of hydrogen-bond acceptors (Lipinski definition) is 1. The van der Waals surface area contributed by atoms with Crippen LogP contribution in [-0.4, -0.2) is 11.7 Å². The van der Waals surface area contributed by atoms with Crippen LogP contribution in [0.15, 0.2) is 54.7 Å². The van der Waals surface area contributed by atoms with Crippen LogP contribution in [-0.2, 0) is 13.0 Å². The minimum absolute atomic E-state index is 0.903. The number of hydrogen-bond donors (Lipinski definition) is 0. The molecule has 2 heteroatoms. The minimum atomic E-state index is 0.903. The van der Waals surface area contributed by atoms with Crippen LogP contribution < -0.4 is 4.74 Å². The molecule has 1 aromatic heterocycles. The summed E-state index contributed by atoms with van der Waals surface area (Å²) in [5.41, 5.74) is 3.96.